The number of hydrogen-bond acceptors (Lipinski definition) is 4. The molecule has 0 radical (unpaired) electrons. The summed E-state index contributed by atoms with van der Waals surface area (Å²) in [4.78, 5) is 14.1. The SMILES string of the molecule is CCCOc1ccc(CCC(=O)N2CC(S(=O)(=O)C3CCCCC3)C2)cc1. The summed E-state index contributed by atoms with van der Waals surface area (Å²) in [5, 5.41) is -0.526. The van der Waals surface area contributed by atoms with E-state index in [1.54, 1.807) is 4.90 Å². The zero-order valence-corrected chi connectivity index (χ0v) is 17.0. The van der Waals surface area contributed by atoms with Gasteiger partial charge in [-0.25, -0.2) is 8.42 Å². The number of likely N-dealkylation sites (tertiary alicyclic amines) is 1. The van der Waals surface area contributed by atoms with Crippen LogP contribution in [0.25, 0.3) is 0 Å². The van der Waals surface area contributed by atoms with Crippen molar-refractivity contribution in [2.24, 2.45) is 0 Å². The minimum Gasteiger partial charge on any atom is -0.494 e. The molecule has 0 N–H and O–H groups in total. The van der Waals surface area contributed by atoms with Crippen LogP contribution in [0.3, 0.4) is 0 Å². The number of rotatable bonds is 8. The van der Waals surface area contributed by atoms with Crippen molar-refractivity contribution in [3.63, 3.8) is 0 Å². The van der Waals surface area contributed by atoms with Crippen LogP contribution >= 0.6 is 0 Å². The Labute approximate surface area is 163 Å². The highest BCUT2D eigenvalue weighted by atomic mass is 32.2. The van der Waals surface area contributed by atoms with E-state index < -0.39 is 9.84 Å². The third-order valence-corrected chi connectivity index (χ3v) is 8.33. The van der Waals surface area contributed by atoms with Crippen molar-refractivity contribution in [3.8, 4) is 5.75 Å². The summed E-state index contributed by atoms with van der Waals surface area (Å²) in [6.07, 6.45) is 6.84. The van der Waals surface area contributed by atoms with Crippen molar-refractivity contribution in [1.29, 1.82) is 0 Å². The molecular weight excluding hydrogens is 362 g/mol. The predicted octanol–water partition coefficient (Wildman–Crippen LogP) is 3.37. The summed E-state index contributed by atoms with van der Waals surface area (Å²) in [7, 11) is -3.08. The number of nitrogens with zero attached hydrogens (tertiary/aromatic N) is 1. The second-order valence-electron chi connectivity index (χ2n) is 7.76. The Morgan fingerprint density at radius 3 is 2.37 bits per heavy atom. The van der Waals surface area contributed by atoms with Crippen LogP contribution in [0.1, 0.15) is 57.4 Å². The van der Waals surface area contributed by atoms with Gasteiger partial charge < -0.3 is 9.64 Å². The Balaban J connectivity index is 1.42. The molecule has 0 atom stereocenters. The predicted molar refractivity (Wildman–Crippen MR) is 107 cm³/mol. The average molecular weight is 394 g/mol. The molecule has 2 aliphatic rings. The maximum Gasteiger partial charge on any atom is 0.222 e. The normalized spacial score (nSPS) is 18.9. The summed E-state index contributed by atoms with van der Waals surface area (Å²) in [6.45, 7) is 3.53. The van der Waals surface area contributed by atoms with Gasteiger partial charge in [-0.15, -0.1) is 0 Å². The molecule has 1 heterocycles. The molecule has 5 nitrogen and oxygen atoms in total. The van der Waals surface area contributed by atoms with E-state index >= 15 is 0 Å². The molecule has 150 valence electrons. The number of hydrogen-bond donors (Lipinski definition) is 0. The summed E-state index contributed by atoms with van der Waals surface area (Å²) >= 11 is 0. The number of benzene rings is 1. The smallest absolute Gasteiger partial charge is 0.222 e. The number of ether oxygens (including phenoxy) is 1. The lowest BCUT2D eigenvalue weighted by molar-refractivity contribution is -0.134. The van der Waals surface area contributed by atoms with E-state index in [1.165, 1.54) is 0 Å². The van der Waals surface area contributed by atoms with Gasteiger partial charge in [-0.1, -0.05) is 38.3 Å². The van der Waals surface area contributed by atoms with E-state index in [0.29, 0.717) is 32.5 Å². The number of aryl methyl sites for hydroxylation is 1. The monoisotopic (exact) mass is 393 g/mol. The second kappa shape index (κ2) is 9.09. The number of sulfone groups is 1. The van der Waals surface area contributed by atoms with E-state index in [0.717, 1.165) is 49.8 Å². The first-order valence-corrected chi connectivity index (χ1v) is 11.8. The third-order valence-electron chi connectivity index (χ3n) is 5.71. The zero-order valence-electron chi connectivity index (χ0n) is 16.2. The molecule has 2 fully saturated rings. The highest BCUT2D eigenvalue weighted by Gasteiger charge is 2.43. The van der Waals surface area contributed by atoms with Crippen molar-refractivity contribution >= 4 is 15.7 Å². The first-order chi connectivity index (χ1) is 13.0. The maximum atomic E-state index is 12.7. The molecular formula is C21H31NO4S. The van der Waals surface area contributed by atoms with Gasteiger partial charge in [0.1, 0.15) is 5.75 Å². The highest BCUT2D eigenvalue weighted by Crippen LogP contribution is 2.30. The van der Waals surface area contributed by atoms with Crippen molar-refractivity contribution < 1.29 is 17.9 Å². The fourth-order valence-electron chi connectivity index (χ4n) is 3.90. The Morgan fingerprint density at radius 1 is 1.07 bits per heavy atom. The molecule has 0 spiro atoms. The van der Waals surface area contributed by atoms with Crippen molar-refractivity contribution in [2.45, 2.75) is 68.8 Å². The van der Waals surface area contributed by atoms with Gasteiger partial charge in [0, 0.05) is 19.5 Å². The van der Waals surface area contributed by atoms with Gasteiger partial charge in [0.25, 0.3) is 0 Å². The molecule has 3 rings (SSSR count). The van der Waals surface area contributed by atoms with Crippen LogP contribution in [0.15, 0.2) is 24.3 Å². The van der Waals surface area contributed by atoms with Crippen LogP contribution in [0.2, 0.25) is 0 Å². The number of carbonyl (C=O) groups excluding carboxylic acids is 1. The largest absolute Gasteiger partial charge is 0.494 e. The van der Waals surface area contributed by atoms with Crippen LogP contribution in [-0.2, 0) is 21.1 Å². The topological polar surface area (TPSA) is 63.7 Å². The van der Waals surface area contributed by atoms with E-state index in [9.17, 15) is 13.2 Å². The fraction of sp³-hybridized carbons (Fsp3) is 0.667. The third kappa shape index (κ3) is 5.03. The molecule has 6 heteroatoms. The van der Waals surface area contributed by atoms with Crippen LogP contribution < -0.4 is 4.74 Å². The molecule has 1 aliphatic carbocycles. The average Bonchev–Trinajstić information content (AvgIpc) is 2.65. The summed E-state index contributed by atoms with van der Waals surface area (Å²) in [5.41, 5.74) is 1.10. The number of amides is 1. The number of carbonyl (C=O) groups is 1. The molecule has 1 saturated heterocycles. The molecule has 1 saturated carbocycles. The summed E-state index contributed by atoms with van der Waals surface area (Å²) < 4.78 is 30.9. The summed E-state index contributed by atoms with van der Waals surface area (Å²) in [5.74, 6) is 0.904. The van der Waals surface area contributed by atoms with E-state index in [4.69, 9.17) is 4.74 Å². The molecule has 1 aromatic rings. The first-order valence-electron chi connectivity index (χ1n) is 10.2. The molecule has 27 heavy (non-hydrogen) atoms. The minimum atomic E-state index is -3.08. The second-order valence-corrected chi connectivity index (χ2v) is 10.3. The quantitative estimate of drug-likeness (QED) is 0.679. The molecule has 0 unspecified atom stereocenters. The molecule has 1 amide bonds. The van der Waals surface area contributed by atoms with E-state index in [2.05, 4.69) is 6.92 Å². The minimum absolute atomic E-state index is 0.0522. The Hall–Kier alpha value is -1.56. The van der Waals surface area contributed by atoms with Crippen LogP contribution in [-0.4, -0.2) is 49.4 Å². The first kappa shape index (κ1) is 20.2. The zero-order chi connectivity index (χ0) is 19.3. The lowest BCUT2D eigenvalue weighted by Gasteiger charge is -2.41. The lowest BCUT2D eigenvalue weighted by atomic mass is 10.0. The Kier molecular flexibility index (Phi) is 6.79. The van der Waals surface area contributed by atoms with Crippen LogP contribution in [0.5, 0.6) is 5.75 Å². The van der Waals surface area contributed by atoms with Gasteiger partial charge >= 0.3 is 0 Å². The van der Waals surface area contributed by atoms with E-state index in [-0.39, 0.29) is 16.4 Å². The maximum absolute atomic E-state index is 12.7. The van der Waals surface area contributed by atoms with Gasteiger partial charge in [-0.05, 0) is 43.4 Å². The van der Waals surface area contributed by atoms with Crippen molar-refractivity contribution in [3.05, 3.63) is 29.8 Å². The van der Waals surface area contributed by atoms with Crippen molar-refractivity contribution in [1.82, 2.24) is 4.90 Å². The molecule has 1 aromatic carbocycles. The van der Waals surface area contributed by atoms with Crippen molar-refractivity contribution in [2.75, 3.05) is 19.7 Å². The van der Waals surface area contributed by atoms with Crippen LogP contribution in [0.4, 0.5) is 0 Å². The van der Waals surface area contributed by atoms with Crippen LogP contribution in [0, 0.1) is 0 Å². The van der Waals surface area contributed by atoms with Gasteiger partial charge in [-0.2, -0.15) is 0 Å². The standard InChI is InChI=1S/C21H31NO4S/c1-2-14-26-18-11-8-17(9-12-18)10-13-21(23)22-15-20(16-22)27(24,25)19-6-4-3-5-7-19/h8-9,11-12,19-20H,2-7,10,13-16H2,1H3. The van der Waals surface area contributed by atoms with Gasteiger partial charge in [0.05, 0.1) is 17.1 Å². The van der Waals surface area contributed by atoms with Gasteiger partial charge in [-0.3, -0.25) is 4.79 Å². The highest BCUT2D eigenvalue weighted by molar-refractivity contribution is 7.92. The molecule has 0 aromatic heterocycles. The van der Waals surface area contributed by atoms with Gasteiger partial charge in [0.2, 0.25) is 5.91 Å². The molecule has 0 bridgehead atoms. The van der Waals surface area contributed by atoms with E-state index in [1.807, 2.05) is 24.3 Å². The van der Waals surface area contributed by atoms with Gasteiger partial charge in [0.15, 0.2) is 9.84 Å². The Bertz CT molecular complexity index is 717. The molecule has 1 aliphatic heterocycles. The fourth-order valence-corrected chi connectivity index (χ4v) is 6.21. The summed E-state index contributed by atoms with van der Waals surface area (Å²) in [6, 6.07) is 7.85. The Morgan fingerprint density at radius 2 is 1.74 bits per heavy atom. The lowest BCUT2D eigenvalue weighted by Crippen LogP contribution is -2.58.